The van der Waals surface area contributed by atoms with Gasteiger partial charge >= 0.3 is 0 Å². The molecule has 0 aromatic carbocycles. The minimum atomic E-state index is 0.458. The van der Waals surface area contributed by atoms with Crippen molar-refractivity contribution in [2.75, 3.05) is 0 Å². The molecule has 0 aliphatic carbocycles. The number of carbonyl (C=O) groups excluding carboxylic acids is 1. The maximum atomic E-state index is 9.46. The molecule has 36 valence electrons. The maximum absolute atomic E-state index is 9.46. The largest absolute Gasteiger partial charge is 0.276 e. The monoisotopic (exact) mass is 143 g/mol. The lowest BCUT2D eigenvalue weighted by atomic mass is 11.5. The molecule has 5 heteroatoms. The third kappa shape index (κ3) is 2.68. The van der Waals surface area contributed by atoms with Crippen molar-refractivity contribution in [2.45, 2.75) is 0 Å². The Morgan fingerprint density at radius 2 is 2.50 bits per heavy atom. The van der Waals surface area contributed by atoms with Gasteiger partial charge in [0.25, 0.3) is 0 Å². The van der Waals surface area contributed by atoms with E-state index in [1.165, 1.54) is 0 Å². The maximum Gasteiger partial charge on any atom is 0.235 e. The van der Waals surface area contributed by atoms with Crippen LogP contribution in [0.4, 0.5) is 0 Å². The second-order valence-electron chi connectivity index (χ2n) is 0.459. The molecule has 2 nitrogen and oxygen atoms in total. The summed E-state index contributed by atoms with van der Waals surface area (Å²) in [6.07, 6.45) is 0.458. The molecule has 0 rings (SSSR count). The van der Waals surface area contributed by atoms with Crippen molar-refractivity contribution < 1.29 is 4.79 Å². The fraction of sp³-hybridized carbons (Fsp3) is 0. The molecule has 0 radical (unpaired) electrons. The van der Waals surface area contributed by atoms with Crippen molar-refractivity contribution >= 4 is 40.8 Å². The van der Waals surface area contributed by atoms with Crippen LogP contribution in [0, 0.1) is 0 Å². The number of nitrogens with zero attached hydrogens (tertiary/aromatic N) is 1. The molecule has 0 aromatic rings. The standard InChI is InChI=1S/CH2ClNOS2/c2-3(1-4)6-5/h1,5H. The first-order valence-electron chi connectivity index (χ1n) is 1.03. The normalized spacial score (nSPS) is 7.67. The van der Waals surface area contributed by atoms with Crippen LogP contribution in [0.25, 0.3) is 0 Å². The number of halogens is 1. The average Bonchev–Trinajstić information content (AvgIpc) is 1.65. The molecule has 0 aliphatic rings. The van der Waals surface area contributed by atoms with Crippen LogP contribution in [0.5, 0.6) is 0 Å². The Morgan fingerprint density at radius 3 is 2.50 bits per heavy atom. The van der Waals surface area contributed by atoms with Crippen molar-refractivity contribution in [3.05, 3.63) is 0 Å². The van der Waals surface area contributed by atoms with Gasteiger partial charge in [0.15, 0.2) is 0 Å². The summed E-state index contributed by atoms with van der Waals surface area (Å²) in [5.41, 5.74) is 0. The Morgan fingerprint density at radius 1 is 2.00 bits per heavy atom. The Balaban J connectivity index is 2.96. The second kappa shape index (κ2) is 3.64. The number of hydrogen-bond donors (Lipinski definition) is 1. The second-order valence-corrected chi connectivity index (χ2v) is 2.07. The summed E-state index contributed by atoms with van der Waals surface area (Å²) in [5.74, 6) is 0. The molecule has 0 saturated carbocycles. The highest BCUT2D eigenvalue weighted by Gasteiger charge is 1.86. The minimum Gasteiger partial charge on any atom is -0.276 e. The number of rotatable bonds is 2. The van der Waals surface area contributed by atoms with Gasteiger partial charge in [-0.05, 0) is 0 Å². The van der Waals surface area contributed by atoms with Crippen LogP contribution in [-0.4, -0.2) is 10.2 Å². The third-order valence-corrected chi connectivity index (χ3v) is 1.51. The smallest absolute Gasteiger partial charge is 0.235 e. The highest BCUT2D eigenvalue weighted by molar-refractivity contribution is 8.68. The van der Waals surface area contributed by atoms with Crippen molar-refractivity contribution in [1.82, 2.24) is 3.82 Å². The molecule has 0 unspecified atom stereocenters. The highest BCUT2D eigenvalue weighted by Crippen LogP contribution is 2.12. The van der Waals surface area contributed by atoms with Gasteiger partial charge in [0.1, 0.15) is 0 Å². The van der Waals surface area contributed by atoms with Crippen LogP contribution in [0.1, 0.15) is 0 Å². The van der Waals surface area contributed by atoms with E-state index in [4.69, 9.17) is 11.8 Å². The molecule has 1 amide bonds. The van der Waals surface area contributed by atoms with Crippen LogP contribution in [0.3, 0.4) is 0 Å². The fourth-order valence-electron chi connectivity index (χ4n) is 0.0192. The van der Waals surface area contributed by atoms with Crippen molar-refractivity contribution in [3.8, 4) is 0 Å². The van der Waals surface area contributed by atoms with E-state index in [-0.39, 0.29) is 0 Å². The van der Waals surface area contributed by atoms with Crippen molar-refractivity contribution in [1.29, 1.82) is 0 Å². The highest BCUT2D eigenvalue weighted by atomic mass is 35.5. The van der Waals surface area contributed by atoms with E-state index in [2.05, 4.69) is 11.7 Å². The van der Waals surface area contributed by atoms with E-state index in [0.717, 1.165) is 14.8 Å². The fourth-order valence-corrected chi connectivity index (χ4v) is 0.173. The molecular weight excluding hydrogens is 142 g/mol. The molecule has 6 heavy (non-hydrogen) atoms. The first kappa shape index (κ1) is 6.46. The van der Waals surface area contributed by atoms with Crippen molar-refractivity contribution in [2.24, 2.45) is 0 Å². The van der Waals surface area contributed by atoms with E-state index in [9.17, 15) is 4.79 Å². The van der Waals surface area contributed by atoms with Crippen LogP contribution in [0.2, 0.25) is 0 Å². The van der Waals surface area contributed by atoms with Gasteiger partial charge < -0.3 is 0 Å². The van der Waals surface area contributed by atoms with Gasteiger partial charge in [-0.3, -0.25) is 4.79 Å². The Labute approximate surface area is 49.9 Å². The van der Waals surface area contributed by atoms with E-state index in [0.29, 0.717) is 6.41 Å². The predicted octanol–water partition coefficient (Wildman–Crippen LogP) is 1.09. The van der Waals surface area contributed by atoms with Gasteiger partial charge in [-0.15, -0.1) is 0 Å². The van der Waals surface area contributed by atoms with Gasteiger partial charge in [-0.2, -0.15) is 3.82 Å². The van der Waals surface area contributed by atoms with E-state index < -0.39 is 0 Å². The number of thiol groups is 1. The molecule has 0 spiro atoms. The zero-order valence-corrected chi connectivity index (χ0v) is 5.13. The zero-order chi connectivity index (χ0) is 4.99. The Kier molecular flexibility index (Phi) is 3.92. The molecule has 0 atom stereocenters. The lowest BCUT2D eigenvalue weighted by molar-refractivity contribution is -0.111. The SMILES string of the molecule is O=CN(Cl)SS. The van der Waals surface area contributed by atoms with E-state index >= 15 is 0 Å². The number of carbonyl (C=O) groups is 1. The van der Waals surface area contributed by atoms with Gasteiger partial charge in [-0.1, -0.05) is 11.7 Å². The molecule has 0 N–H and O–H groups in total. The summed E-state index contributed by atoms with van der Waals surface area (Å²) in [5, 5.41) is 0. The minimum absolute atomic E-state index is 0.458. The average molecular weight is 144 g/mol. The van der Waals surface area contributed by atoms with E-state index in [1.807, 2.05) is 0 Å². The van der Waals surface area contributed by atoms with Gasteiger partial charge in [0.05, 0.1) is 0 Å². The number of amides is 1. The molecule has 0 bridgehead atoms. The van der Waals surface area contributed by atoms with E-state index in [1.54, 1.807) is 0 Å². The zero-order valence-electron chi connectivity index (χ0n) is 2.67. The molecule has 0 saturated heterocycles. The summed E-state index contributed by atoms with van der Waals surface area (Å²) >= 11 is 8.58. The Hall–Kier alpha value is 0.460. The van der Waals surface area contributed by atoms with Gasteiger partial charge in [0.2, 0.25) is 6.41 Å². The first-order chi connectivity index (χ1) is 2.81. The molecule has 0 fully saturated rings. The van der Waals surface area contributed by atoms with Crippen LogP contribution < -0.4 is 0 Å². The lowest BCUT2D eigenvalue weighted by Gasteiger charge is -1.93. The summed E-state index contributed by atoms with van der Waals surface area (Å²) in [4.78, 5) is 9.46. The summed E-state index contributed by atoms with van der Waals surface area (Å²) in [6, 6.07) is 0. The molecular formula is CH2ClNOS2. The summed E-state index contributed by atoms with van der Waals surface area (Å²) < 4.78 is 0.823. The lowest BCUT2D eigenvalue weighted by Crippen LogP contribution is -1.91. The molecule has 0 aliphatic heterocycles. The van der Waals surface area contributed by atoms with Crippen LogP contribution in [-0.2, 0) is 4.79 Å². The molecule has 0 heterocycles. The van der Waals surface area contributed by atoms with Crippen LogP contribution >= 0.6 is 34.4 Å². The predicted molar refractivity (Wildman–Crippen MR) is 30.3 cm³/mol. The molecule has 0 aromatic heterocycles. The van der Waals surface area contributed by atoms with Gasteiger partial charge in [-0.25, -0.2) is 0 Å². The van der Waals surface area contributed by atoms with Crippen LogP contribution in [0.15, 0.2) is 0 Å². The quantitative estimate of drug-likeness (QED) is 0.205. The van der Waals surface area contributed by atoms with Crippen molar-refractivity contribution in [3.63, 3.8) is 0 Å². The summed E-state index contributed by atoms with van der Waals surface area (Å²) in [7, 11) is 0.850. The Bertz CT molecular complexity index is 50.8. The topological polar surface area (TPSA) is 20.3 Å². The van der Waals surface area contributed by atoms with Gasteiger partial charge in [0, 0.05) is 22.8 Å². The first-order valence-corrected chi connectivity index (χ1v) is 3.19. The number of hydrogen-bond acceptors (Lipinski definition) is 3. The summed E-state index contributed by atoms with van der Waals surface area (Å²) in [6.45, 7) is 0. The third-order valence-electron chi connectivity index (χ3n) is 0.161.